The zero-order valence-corrected chi connectivity index (χ0v) is 12.6. The van der Waals surface area contributed by atoms with Gasteiger partial charge in [-0.05, 0) is 54.7 Å². The summed E-state index contributed by atoms with van der Waals surface area (Å²) in [6.45, 7) is 9.32. The van der Waals surface area contributed by atoms with Gasteiger partial charge in [-0.2, -0.15) is 0 Å². The molecule has 18 heavy (non-hydrogen) atoms. The van der Waals surface area contributed by atoms with Gasteiger partial charge in [-0.3, -0.25) is 0 Å². The number of hydrogen-bond donors (Lipinski definition) is 0. The van der Waals surface area contributed by atoms with Gasteiger partial charge in [-0.15, -0.1) is 0 Å². The molecule has 2 rings (SSSR count). The fourth-order valence-corrected chi connectivity index (χ4v) is 3.21. The summed E-state index contributed by atoms with van der Waals surface area (Å²) in [6.07, 6.45) is 4.80. The molecule has 1 aliphatic carbocycles. The molecule has 0 N–H and O–H groups in total. The fourth-order valence-electron chi connectivity index (χ4n) is 3.08. The maximum atomic E-state index is 5.99. The Hall–Kier alpha value is -0.750. The second-order valence-electron chi connectivity index (χ2n) is 6.62. The predicted molar refractivity (Wildman–Crippen MR) is 80.1 cm³/mol. The Morgan fingerprint density at radius 2 is 1.72 bits per heavy atom. The molecule has 0 bridgehead atoms. The van der Waals surface area contributed by atoms with Crippen LogP contribution in [0.25, 0.3) is 0 Å². The maximum absolute atomic E-state index is 5.99. The van der Waals surface area contributed by atoms with E-state index in [4.69, 9.17) is 11.6 Å². The Bertz CT molecular complexity index is 434. The summed E-state index contributed by atoms with van der Waals surface area (Å²) in [7, 11) is 0. The molecule has 1 aromatic rings. The van der Waals surface area contributed by atoms with E-state index in [1.54, 1.807) is 0 Å². The molecule has 0 fully saturated rings. The van der Waals surface area contributed by atoms with E-state index in [1.807, 2.05) is 12.1 Å². The van der Waals surface area contributed by atoms with Crippen molar-refractivity contribution in [3.63, 3.8) is 0 Å². The first-order chi connectivity index (χ1) is 8.38. The van der Waals surface area contributed by atoms with Gasteiger partial charge in [0.1, 0.15) is 0 Å². The van der Waals surface area contributed by atoms with Gasteiger partial charge in [0, 0.05) is 5.02 Å². The molecule has 0 saturated heterocycles. The van der Waals surface area contributed by atoms with Crippen LogP contribution in [0, 0.1) is 11.3 Å². The standard InChI is InChI=1S/C17H23Cl/c1-12-5-10-16(17(2,3)4)15(11-12)13-6-8-14(18)9-7-13/h5-9,15-16H,10-11H2,1-4H3/t15-,16?/m0/s1. The first-order valence-electron chi connectivity index (χ1n) is 6.79. The topological polar surface area (TPSA) is 0 Å². The average molecular weight is 263 g/mol. The molecule has 98 valence electrons. The highest BCUT2D eigenvalue weighted by atomic mass is 35.5. The molecule has 2 atom stereocenters. The van der Waals surface area contributed by atoms with Crippen molar-refractivity contribution in [3.8, 4) is 0 Å². The molecule has 1 aliphatic rings. The van der Waals surface area contributed by atoms with Crippen molar-refractivity contribution in [2.45, 2.75) is 46.5 Å². The lowest BCUT2D eigenvalue weighted by Crippen LogP contribution is -2.29. The molecule has 0 aliphatic heterocycles. The van der Waals surface area contributed by atoms with Crippen molar-refractivity contribution >= 4 is 11.6 Å². The van der Waals surface area contributed by atoms with Gasteiger partial charge in [0.05, 0.1) is 0 Å². The quantitative estimate of drug-likeness (QED) is 0.559. The van der Waals surface area contributed by atoms with E-state index in [0.29, 0.717) is 17.3 Å². The van der Waals surface area contributed by atoms with Crippen LogP contribution in [0.15, 0.2) is 35.9 Å². The normalized spacial score (nSPS) is 24.8. The third-order valence-corrected chi connectivity index (χ3v) is 4.41. The van der Waals surface area contributed by atoms with E-state index in [1.165, 1.54) is 24.0 Å². The van der Waals surface area contributed by atoms with E-state index in [-0.39, 0.29) is 0 Å². The van der Waals surface area contributed by atoms with Crippen molar-refractivity contribution in [1.29, 1.82) is 0 Å². The first kappa shape index (κ1) is 13.7. The van der Waals surface area contributed by atoms with Crippen LogP contribution >= 0.6 is 11.6 Å². The summed E-state index contributed by atoms with van der Waals surface area (Å²) in [4.78, 5) is 0. The van der Waals surface area contributed by atoms with Crippen molar-refractivity contribution in [2.24, 2.45) is 11.3 Å². The van der Waals surface area contributed by atoms with E-state index in [0.717, 1.165) is 5.02 Å². The van der Waals surface area contributed by atoms with Gasteiger partial charge in [-0.25, -0.2) is 0 Å². The molecular formula is C17H23Cl. The lowest BCUT2D eigenvalue weighted by Gasteiger charge is -2.40. The minimum absolute atomic E-state index is 0.349. The first-order valence-corrected chi connectivity index (χ1v) is 7.17. The van der Waals surface area contributed by atoms with Crippen LogP contribution in [-0.2, 0) is 0 Å². The molecular weight excluding hydrogens is 240 g/mol. The number of benzene rings is 1. The van der Waals surface area contributed by atoms with E-state index in [2.05, 4.69) is 45.9 Å². The second-order valence-corrected chi connectivity index (χ2v) is 7.06. The highest BCUT2D eigenvalue weighted by Crippen LogP contribution is 2.46. The zero-order valence-electron chi connectivity index (χ0n) is 11.8. The lowest BCUT2D eigenvalue weighted by molar-refractivity contribution is 0.192. The van der Waals surface area contributed by atoms with Gasteiger partial charge >= 0.3 is 0 Å². The predicted octanol–water partition coefficient (Wildman–Crippen LogP) is 5.83. The molecule has 0 spiro atoms. The molecule has 1 heteroatoms. The van der Waals surface area contributed by atoms with Crippen LogP contribution in [0.2, 0.25) is 5.02 Å². The lowest BCUT2D eigenvalue weighted by atomic mass is 9.65. The number of halogens is 1. The van der Waals surface area contributed by atoms with E-state index < -0.39 is 0 Å². The minimum atomic E-state index is 0.349. The van der Waals surface area contributed by atoms with Crippen molar-refractivity contribution < 1.29 is 0 Å². The average Bonchev–Trinajstić information content (AvgIpc) is 2.28. The fraction of sp³-hybridized carbons (Fsp3) is 0.529. The van der Waals surface area contributed by atoms with E-state index in [9.17, 15) is 0 Å². The van der Waals surface area contributed by atoms with Crippen LogP contribution in [0.3, 0.4) is 0 Å². The van der Waals surface area contributed by atoms with Gasteiger partial charge in [0.25, 0.3) is 0 Å². The van der Waals surface area contributed by atoms with Crippen LogP contribution in [-0.4, -0.2) is 0 Å². The van der Waals surface area contributed by atoms with Gasteiger partial charge in [0.2, 0.25) is 0 Å². The number of rotatable bonds is 1. The van der Waals surface area contributed by atoms with Crippen LogP contribution in [0.1, 0.15) is 52.0 Å². The van der Waals surface area contributed by atoms with Crippen molar-refractivity contribution in [3.05, 3.63) is 46.5 Å². The zero-order chi connectivity index (χ0) is 13.3. The third-order valence-electron chi connectivity index (χ3n) is 4.16. The SMILES string of the molecule is CC1=CCC(C(C)(C)C)[C@H](c2ccc(Cl)cc2)C1. The largest absolute Gasteiger partial charge is 0.0853 e. The Morgan fingerprint density at radius 3 is 2.28 bits per heavy atom. The van der Waals surface area contributed by atoms with E-state index >= 15 is 0 Å². The van der Waals surface area contributed by atoms with Crippen molar-refractivity contribution in [1.82, 2.24) is 0 Å². The van der Waals surface area contributed by atoms with Gasteiger partial charge < -0.3 is 0 Å². The van der Waals surface area contributed by atoms with Crippen LogP contribution in [0.5, 0.6) is 0 Å². The maximum Gasteiger partial charge on any atom is 0.0406 e. The molecule has 0 saturated carbocycles. The summed E-state index contributed by atoms with van der Waals surface area (Å²) in [5, 5.41) is 0.828. The molecule has 0 radical (unpaired) electrons. The summed E-state index contributed by atoms with van der Waals surface area (Å²) in [5.41, 5.74) is 3.31. The number of allylic oxidation sites excluding steroid dienone is 2. The minimum Gasteiger partial charge on any atom is -0.0853 e. The van der Waals surface area contributed by atoms with Crippen molar-refractivity contribution in [2.75, 3.05) is 0 Å². The molecule has 0 aromatic heterocycles. The smallest absolute Gasteiger partial charge is 0.0406 e. The molecule has 1 unspecified atom stereocenters. The van der Waals surface area contributed by atoms with Crippen LogP contribution < -0.4 is 0 Å². The molecule has 0 heterocycles. The summed E-state index contributed by atoms with van der Waals surface area (Å²) < 4.78 is 0. The molecule has 1 aromatic carbocycles. The summed E-state index contributed by atoms with van der Waals surface area (Å²) in [5.74, 6) is 1.34. The van der Waals surface area contributed by atoms with Gasteiger partial charge in [0.15, 0.2) is 0 Å². The Kier molecular flexibility index (Phi) is 3.87. The Balaban J connectivity index is 2.33. The van der Waals surface area contributed by atoms with Gasteiger partial charge in [-0.1, -0.05) is 56.2 Å². The highest BCUT2D eigenvalue weighted by molar-refractivity contribution is 6.30. The summed E-state index contributed by atoms with van der Waals surface area (Å²) in [6, 6.07) is 8.43. The Morgan fingerprint density at radius 1 is 1.11 bits per heavy atom. The number of hydrogen-bond acceptors (Lipinski definition) is 0. The summed E-state index contributed by atoms with van der Waals surface area (Å²) >= 11 is 5.99. The van der Waals surface area contributed by atoms with Crippen LogP contribution in [0.4, 0.5) is 0 Å². The highest BCUT2D eigenvalue weighted by Gasteiger charge is 2.34. The Labute approximate surface area is 116 Å². The third kappa shape index (κ3) is 2.98. The molecule has 0 amide bonds. The molecule has 0 nitrogen and oxygen atoms in total. The monoisotopic (exact) mass is 262 g/mol. The second kappa shape index (κ2) is 5.09.